The number of carbonyl (C=O) groups excluding carboxylic acids is 1. The molecule has 0 spiro atoms. The number of halogens is 3. The lowest BCUT2D eigenvalue weighted by atomic mass is 9.85. The Morgan fingerprint density at radius 2 is 1.78 bits per heavy atom. The number of aliphatic hydroxyl groups is 2. The minimum atomic E-state index is -1.76. The van der Waals surface area contributed by atoms with Crippen LogP contribution in [0.5, 0.6) is 0 Å². The summed E-state index contributed by atoms with van der Waals surface area (Å²) < 4.78 is 24.5. The molecular formula is C30H27Cl2FN4O4. The molecule has 41 heavy (non-hydrogen) atoms. The summed E-state index contributed by atoms with van der Waals surface area (Å²) in [5.41, 5.74) is -2.94. The third kappa shape index (κ3) is 4.81. The molecule has 1 aliphatic carbocycles. The molecule has 0 saturated heterocycles. The van der Waals surface area contributed by atoms with Crippen molar-refractivity contribution < 1.29 is 24.1 Å². The summed E-state index contributed by atoms with van der Waals surface area (Å²) in [5.74, 6) is -1.28. The summed E-state index contributed by atoms with van der Waals surface area (Å²) >= 11 is 12.3. The van der Waals surface area contributed by atoms with E-state index < -0.39 is 28.7 Å². The summed E-state index contributed by atoms with van der Waals surface area (Å²) in [6, 6.07) is 12.6. The average molecular weight is 597 g/mol. The number of nitrogens with zero attached hydrogens (tertiary/aromatic N) is 4. The molecule has 2 N–H and O–H groups in total. The number of aromatic nitrogens is 3. The Labute approximate surface area is 245 Å². The lowest BCUT2D eigenvalue weighted by Crippen LogP contribution is -2.48. The number of amides is 1. The maximum absolute atomic E-state index is 16.5. The first-order valence-corrected chi connectivity index (χ1v) is 13.8. The third-order valence-electron chi connectivity index (χ3n) is 7.84. The highest BCUT2D eigenvalue weighted by atomic mass is 35.5. The van der Waals surface area contributed by atoms with Crippen LogP contribution in [0.2, 0.25) is 10.0 Å². The van der Waals surface area contributed by atoms with Crippen LogP contribution in [0.4, 0.5) is 4.39 Å². The second-order valence-corrected chi connectivity index (χ2v) is 11.8. The van der Waals surface area contributed by atoms with Gasteiger partial charge in [-0.25, -0.2) is 4.39 Å². The zero-order valence-corrected chi connectivity index (χ0v) is 23.8. The van der Waals surface area contributed by atoms with Crippen LogP contribution in [0.15, 0.2) is 67.1 Å². The van der Waals surface area contributed by atoms with E-state index in [1.165, 1.54) is 41.0 Å². The normalized spacial score (nSPS) is 20.7. The van der Waals surface area contributed by atoms with Crippen molar-refractivity contribution >= 4 is 29.1 Å². The minimum absolute atomic E-state index is 0.0197. The first-order chi connectivity index (χ1) is 19.4. The van der Waals surface area contributed by atoms with E-state index in [0.29, 0.717) is 39.7 Å². The van der Waals surface area contributed by atoms with E-state index in [1.807, 2.05) is 0 Å². The predicted molar refractivity (Wildman–Crippen MR) is 150 cm³/mol. The minimum Gasteiger partial charge on any atom is -0.387 e. The molecule has 0 bridgehead atoms. The topological polar surface area (TPSA) is 101 Å². The molecule has 2 unspecified atom stereocenters. The van der Waals surface area contributed by atoms with Crippen molar-refractivity contribution in [2.75, 3.05) is 6.61 Å². The lowest BCUT2D eigenvalue weighted by Gasteiger charge is -2.40. The monoisotopic (exact) mass is 596 g/mol. The van der Waals surface area contributed by atoms with Gasteiger partial charge in [0, 0.05) is 35.6 Å². The van der Waals surface area contributed by atoms with Crippen molar-refractivity contribution in [1.82, 2.24) is 19.7 Å². The number of ether oxygens (including phenoxy) is 1. The summed E-state index contributed by atoms with van der Waals surface area (Å²) in [4.78, 5) is 20.0. The first-order valence-electron chi connectivity index (χ1n) is 13.0. The Balaban J connectivity index is 1.56. The van der Waals surface area contributed by atoms with Crippen molar-refractivity contribution in [2.24, 2.45) is 7.05 Å². The summed E-state index contributed by atoms with van der Waals surface area (Å²) in [5, 5.41) is 27.2. The molecule has 4 aromatic rings. The van der Waals surface area contributed by atoms with E-state index in [4.69, 9.17) is 27.9 Å². The highest BCUT2D eigenvalue weighted by Crippen LogP contribution is 2.50. The number of hydrogen-bond donors (Lipinski definition) is 2. The fourth-order valence-electron chi connectivity index (χ4n) is 5.25. The van der Waals surface area contributed by atoms with Crippen LogP contribution in [0.1, 0.15) is 58.1 Å². The first kappa shape index (κ1) is 27.8. The van der Waals surface area contributed by atoms with Gasteiger partial charge in [-0.15, -0.1) is 0 Å². The summed E-state index contributed by atoms with van der Waals surface area (Å²) in [7, 11) is 1.71. The molecular weight excluding hydrogens is 570 g/mol. The number of carbonyl (C=O) groups is 1. The SMILES string of the molecule is Cn1cc(C(C)(O)c2cc(F)c3c(c2)C(=O)N(Cc2ccc(Cl)cn2)C3(OCC2(O)CC2)c2ccc(Cl)cc2)cn1. The highest BCUT2D eigenvalue weighted by Gasteiger charge is 2.56. The summed E-state index contributed by atoms with van der Waals surface area (Å²) in [6.45, 7) is 1.33. The highest BCUT2D eigenvalue weighted by molar-refractivity contribution is 6.30. The van der Waals surface area contributed by atoms with Crippen molar-refractivity contribution in [3.63, 3.8) is 0 Å². The molecule has 2 aliphatic rings. The molecule has 8 nitrogen and oxygen atoms in total. The molecule has 2 atom stereocenters. The quantitative estimate of drug-likeness (QED) is 0.299. The number of aryl methyl sites for hydroxylation is 1. The molecule has 11 heteroatoms. The Morgan fingerprint density at radius 3 is 2.39 bits per heavy atom. The number of benzene rings is 2. The maximum atomic E-state index is 16.5. The molecule has 212 valence electrons. The van der Waals surface area contributed by atoms with Crippen molar-refractivity contribution in [3.05, 3.63) is 116 Å². The van der Waals surface area contributed by atoms with Crippen LogP contribution in [0, 0.1) is 5.82 Å². The Morgan fingerprint density at radius 1 is 1.07 bits per heavy atom. The van der Waals surface area contributed by atoms with Crippen LogP contribution < -0.4 is 0 Å². The van der Waals surface area contributed by atoms with E-state index >= 15 is 4.39 Å². The van der Waals surface area contributed by atoms with Gasteiger partial charge in [0.15, 0.2) is 5.72 Å². The largest absolute Gasteiger partial charge is 0.387 e. The number of hydrogen-bond acceptors (Lipinski definition) is 6. The standard InChI is InChI=1S/C30H27Cl2FN4O4/c1-28(39,20-13-35-36(2)15-20)19-11-24-26(25(33)12-19)30(41-17-29(40)9-10-29,18-3-5-21(31)6-4-18)37(27(24)38)16-23-8-7-22(32)14-34-23/h3-8,11-15,39-40H,9-10,16-17H2,1-2H3. The smallest absolute Gasteiger partial charge is 0.257 e. The molecule has 1 fully saturated rings. The van der Waals surface area contributed by atoms with Crippen LogP contribution in [-0.2, 0) is 29.7 Å². The predicted octanol–water partition coefficient (Wildman–Crippen LogP) is 4.92. The van der Waals surface area contributed by atoms with Crippen molar-refractivity contribution in [1.29, 1.82) is 0 Å². The van der Waals surface area contributed by atoms with Crippen molar-refractivity contribution in [2.45, 2.75) is 43.2 Å². The molecule has 2 aromatic carbocycles. The fourth-order valence-corrected chi connectivity index (χ4v) is 5.48. The van der Waals surface area contributed by atoms with E-state index in [-0.39, 0.29) is 29.8 Å². The molecule has 0 radical (unpaired) electrons. The summed E-state index contributed by atoms with van der Waals surface area (Å²) in [6.07, 6.45) is 5.63. The van der Waals surface area contributed by atoms with Crippen LogP contribution in [0.3, 0.4) is 0 Å². The fraction of sp³-hybridized carbons (Fsp3) is 0.300. The molecule has 1 saturated carbocycles. The van der Waals surface area contributed by atoms with Crippen LogP contribution in [-0.4, -0.2) is 48.0 Å². The van der Waals surface area contributed by atoms with Gasteiger partial charge in [0.25, 0.3) is 5.91 Å². The van der Waals surface area contributed by atoms with E-state index in [9.17, 15) is 15.0 Å². The van der Waals surface area contributed by atoms with Gasteiger partial charge in [0.2, 0.25) is 0 Å². The third-order valence-corrected chi connectivity index (χ3v) is 8.31. The lowest BCUT2D eigenvalue weighted by molar-refractivity contribution is -0.139. The molecule has 3 heterocycles. The van der Waals surface area contributed by atoms with Gasteiger partial charge in [0.1, 0.15) is 11.4 Å². The zero-order valence-electron chi connectivity index (χ0n) is 22.3. The van der Waals surface area contributed by atoms with Crippen molar-refractivity contribution in [3.8, 4) is 0 Å². The Hall–Kier alpha value is -3.34. The van der Waals surface area contributed by atoms with Gasteiger partial charge < -0.3 is 14.9 Å². The maximum Gasteiger partial charge on any atom is 0.257 e. The van der Waals surface area contributed by atoms with Gasteiger partial charge in [0.05, 0.1) is 46.8 Å². The van der Waals surface area contributed by atoms with Gasteiger partial charge in [-0.2, -0.15) is 5.10 Å². The van der Waals surface area contributed by atoms with Gasteiger partial charge in [-0.3, -0.25) is 19.4 Å². The molecule has 2 aromatic heterocycles. The van der Waals surface area contributed by atoms with Crippen LogP contribution >= 0.6 is 23.2 Å². The number of pyridine rings is 1. The Bertz CT molecular complexity index is 1640. The number of rotatable bonds is 8. The van der Waals surface area contributed by atoms with E-state index in [0.717, 1.165) is 0 Å². The van der Waals surface area contributed by atoms with Gasteiger partial charge in [-0.1, -0.05) is 35.3 Å². The van der Waals surface area contributed by atoms with Gasteiger partial charge >= 0.3 is 0 Å². The molecule has 1 aliphatic heterocycles. The second kappa shape index (κ2) is 9.89. The number of fused-ring (bicyclic) bond motifs is 1. The molecule has 1 amide bonds. The van der Waals surface area contributed by atoms with Gasteiger partial charge in [-0.05, 0) is 61.7 Å². The van der Waals surface area contributed by atoms with E-state index in [2.05, 4.69) is 10.1 Å². The van der Waals surface area contributed by atoms with Crippen LogP contribution in [0.25, 0.3) is 0 Å². The second-order valence-electron chi connectivity index (χ2n) is 10.9. The van der Waals surface area contributed by atoms with E-state index in [1.54, 1.807) is 49.6 Å². The molecule has 6 rings (SSSR count). The zero-order chi connectivity index (χ0) is 29.2. The average Bonchev–Trinajstić information content (AvgIpc) is 3.42. The Kier molecular flexibility index (Phi) is 6.71.